The number of rotatable bonds is 4. The van der Waals surface area contributed by atoms with E-state index in [2.05, 4.69) is 15.4 Å². The summed E-state index contributed by atoms with van der Waals surface area (Å²) in [6.45, 7) is -0.345. The molecule has 3 heterocycles. The quantitative estimate of drug-likeness (QED) is 0.814. The van der Waals surface area contributed by atoms with E-state index in [9.17, 15) is 18.0 Å². The summed E-state index contributed by atoms with van der Waals surface area (Å²) >= 11 is 0. The van der Waals surface area contributed by atoms with Gasteiger partial charge in [-0.1, -0.05) is 0 Å². The Labute approximate surface area is 166 Å². The third kappa shape index (κ3) is 3.60. The molecule has 2 aromatic rings. The maximum absolute atomic E-state index is 13.0. The number of hydrogen-bond acceptors (Lipinski definition) is 4. The van der Waals surface area contributed by atoms with Crippen molar-refractivity contribution in [2.45, 2.75) is 50.2 Å². The summed E-state index contributed by atoms with van der Waals surface area (Å²) < 4.78 is 40.7. The fourth-order valence-electron chi connectivity index (χ4n) is 5.20. The Hall–Kier alpha value is -2.16. The Kier molecular flexibility index (Phi) is 4.17. The van der Waals surface area contributed by atoms with Crippen molar-refractivity contribution in [2.24, 2.45) is 29.4 Å². The number of carbonyl (C=O) groups excluding carboxylic acids is 1. The first-order valence-electron chi connectivity index (χ1n) is 10.2. The number of piperidine rings is 1. The van der Waals surface area contributed by atoms with E-state index in [0.717, 1.165) is 31.4 Å². The van der Waals surface area contributed by atoms with Gasteiger partial charge in [0.1, 0.15) is 0 Å². The SMILES string of the molecule is N[C@]12C[C@H](Cc3cn4nc(C[C@H]5C[C@@H](C(F)(F)F)CNC5=O)ccc4n3)C[C@@H]1C2. The normalized spacial score (nSPS) is 34.3. The predicted octanol–water partition coefficient (Wildman–Crippen LogP) is 2.26. The molecule has 0 bridgehead atoms. The van der Waals surface area contributed by atoms with Crippen LogP contribution in [0.1, 0.15) is 37.1 Å². The molecule has 29 heavy (non-hydrogen) atoms. The molecule has 2 saturated carbocycles. The van der Waals surface area contributed by atoms with E-state index >= 15 is 0 Å². The van der Waals surface area contributed by atoms with Crippen LogP contribution >= 0.6 is 0 Å². The highest BCUT2D eigenvalue weighted by Crippen LogP contribution is 2.56. The lowest BCUT2D eigenvalue weighted by Gasteiger charge is -2.30. The highest BCUT2D eigenvalue weighted by molar-refractivity contribution is 5.79. The van der Waals surface area contributed by atoms with E-state index in [1.807, 2.05) is 12.3 Å². The van der Waals surface area contributed by atoms with Crippen LogP contribution in [0, 0.1) is 23.7 Å². The number of amides is 1. The summed E-state index contributed by atoms with van der Waals surface area (Å²) in [7, 11) is 0. The predicted molar refractivity (Wildman–Crippen MR) is 98.8 cm³/mol. The van der Waals surface area contributed by atoms with Gasteiger partial charge in [0.2, 0.25) is 5.91 Å². The molecule has 0 radical (unpaired) electrons. The molecule has 2 aliphatic carbocycles. The van der Waals surface area contributed by atoms with Crippen molar-refractivity contribution in [2.75, 3.05) is 6.54 Å². The van der Waals surface area contributed by atoms with Crippen LogP contribution in [0.2, 0.25) is 0 Å². The Morgan fingerprint density at radius 1 is 1.21 bits per heavy atom. The number of halogens is 3. The van der Waals surface area contributed by atoms with Crippen LogP contribution in [0.4, 0.5) is 13.2 Å². The number of alkyl halides is 3. The number of imidazole rings is 1. The van der Waals surface area contributed by atoms with Gasteiger partial charge < -0.3 is 11.1 Å². The van der Waals surface area contributed by atoms with Gasteiger partial charge in [0, 0.05) is 24.4 Å². The molecule has 0 unspecified atom stereocenters. The van der Waals surface area contributed by atoms with Crippen LogP contribution in [0.25, 0.3) is 5.65 Å². The summed E-state index contributed by atoms with van der Waals surface area (Å²) in [5, 5.41) is 6.88. The van der Waals surface area contributed by atoms with Crippen LogP contribution in [-0.4, -0.2) is 38.8 Å². The molecule has 0 spiro atoms. The summed E-state index contributed by atoms with van der Waals surface area (Å²) in [6.07, 6.45) is 1.77. The zero-order valence-corrected chi connectivity index (χ0v) is 16.0. The molecule has 1 aliphatic heterocycles. The zero-order chi connectivity index (χ0) is 20.4. The van der Waals surface area contributed by atoms with Gasteiger partial charge in [-0.05, 0) is 56.1 Å². The Morgan fingerprint density at radius 3 is 2.76 bits per heavy atom. The first-order chi connectivity index (χ1) is 13.7. The maximum Gasteiger partial charge on any atom is 0.393 e. The number of aromatic nitrogens is 3. The van der Waals surface area contributed by atoms with Crippen molar-refractivity contribution in [1.82, 2.24) is 19.9 Å². The third-order valence-electron chi connectivity index (χ3n) is 6.87. The van der Waals surface area contributed by atoms with Gasteiger partial charge in [-0.15, -0.1) is 0 Å². The number of nitrogens with zero attached hydrogens (tertiary/aromatic N) is 3. The van der Waals surface area contributed by atoms with E-state index in [-0.39, 0.29) is 30.8 Å². The molecule has 9 heteroatoms. The van der Waals surface area contributed by atoms with Crippen molar-refractivity contribution in [3.05, 3.63) is 29.7 Å². The average Bonchev–Trinajstić information content (AvgIpc) is 2.96. The Balaban J connectivity index is 1.28. The monoisotopic (exact) mass is 407 g/mol. The van der Waals surface area contributed by atoms with Crippen LogP contribution < -0.4 is 11.1 Å². The van der Waals surface area contributed by atoms with E-state index < -0.39 is 18.0 Å². The lowest BCUT2D eigenvalue weighted by Crippen LogP contribution is -2.47. The highest BCUT2D eigenvalue weighted by atomic mass is 19.4. The molecule has 6 nitrogen and oxygen atoms in total. The minimum atomic E-state index is -4.30. The summed E-state index contributed by atoms with van der Waals surface area (Å²) in [5.74, 6) is -1.36. The van der Waals surface area contributed by atoms with Gasteiger partial charge >= 0.3 is 6.18 Å². The van der Waals surface area contributed by atoms with Gasteiger partial charge in [-0.2, -0.15) is 18.3 Å². The lowest BCUT2D eigenvalue weighted by molar-refractivity contribution is -0.183. The summed E-state index contributed by atoms with van der Waals surface area (Å²) in [6, 6.07) is 3.56. The molecule has 3 fully saturated rings. The topological polar surface area (TPSA) is 85.3 Å². The van der Waals surface area contributed by atoms with Crippen LogP contribution in [0.5, 0.6) is 0 Å². The maximum atomic E-state index is 13.0. The number of nitrogens with two attached hydrogens (primary N) is 1. The Morgan fingerprint density at radius 2 is 2.03 bits per heavy atom. The van der Waals surface area contributed by atoms with Crippen molar-refractivity contribution in [1.29, 1.82) is 0 Å². The fraction of sp³-hybridized carbons (Fsp3) is 0.650. The first-order valence-corrected chi connectivity index (χ1v) is 10.2. The van der Waals surface area contributed by atoms with E-state index in [0.29, 0.717) is 23.2 Å². The summed E-state index contributed by atoms with van der Waals surface area (Å²) in [4.78, 5) is 16.7. The standard InChI is InChI=1S/C20H24F3N5O/c21-20(22,23)14-5-12(18(29)25-9-14)6-15-1-2-17-26-16(10-28(17)27-15)4-11-3-13-8-19(13,24)7-11/h1-2,10-14H,3-9,24H2,(H,25,29)/t11-,12+,13+,14+,19-/m0/s1. The number of nitrogens with one attached hydrogen (secondary N) is 1. The number of carbonyl (C=O) groups is 1. The molecule has 1 saturated heterocycles. The number of fused-ring (bicyclic) bond motifs is 2. The minimum Gasteiger partial charge on any atom is -0.355 e. The molecular formula is C20H24F3N5O. The molecule has 1 amide bonds. The molecule has 5 atom stereocenters. The van der Waals surface area contributed by atoms with Gasteiger partial charge in [-0.3, -0.25) is 4.79 Å². The zero-order valence-electron chi connectivity index (χ0n) is 16.0. The second-order valence-electron chi connectivity index (χ2n) is 9.12. The van der Waals surface area contributed by atoms with Crippen molar-refractivity contribution in [3.63, 3.8) is 0 Å². The van der Waals surface area contributed by atoms with Crippen molar-refractivity contribution in [3.8, 4) is 0 Å². The Bertz CT molecular complexity index is 957. The second-order valence-corrected chi connectivity index (χ2v) is 9.12. The van der Waals surface area contributed by atoms with Gasteiger partial charge in [0.15, 0.2) is 5.65 Å². The largest absolute Gasteiger partial charge is 0.393 e. The molecule has 0 aromatic carbocycles. The molecule has 3 aliphatic rings. The van der Waals surface area contributed by atoms with E-state index in [1.54, 1.807) is 10.6 Å². The van der Waals surface area contributed by atoms with Crippen LogP contribution in [0.15, 0.2) is 18.3 Å². The third-order valence-corrected chi connectivity index (χ3v) is 6.87. The molecule has 3 N–H and O–H groups in total. The van der Waals surface area contributed by atoms with Crippen LogP contribution in [-0.2, 0) is 17.6 Å². The lowest BCUT2D eigenvalue weighted by atomic mass is 9.86. The minimum absolute atomic E-state index is 0.0596. The first kappa shape index (κ1) is 18.8. The van der Waals surface area contributed by atoms with E-state index in [1.165, 1.54) is 0 Å². The van der Waals surface area contributed by atoms with E-state index in [4.69, 9.17) is 5.73 Å². The fourth-order valence-corrected chi connectivity index (χ4v) is 5.20. The molecule has 5 rings (SSSR count). The van der Waals surface area contributed by atoms with Gasteiger partial charge in [-0.25, -0.2) is 9.50 Å². The second kappa shape index (κ2) is 6.42. The van der Waals surface area contributed by atoms with Crippen molar-refractivity contribution >= 4 is 11.6 Å². The molecule has 2 aromatic heterocycles. The smallest absolute Gasteiger partial charge is 0.355 e. The van der Waals surface area contributed by atoms with Gasteiger partial charge in [0.05, 0.1) is 23.5 Å². The average molecular weight is 407 g/mol. The highest BCUT2D eigenvalue weighted by Gasteiger charge is 2.57. The van der Waals surface area contributed by atoms with Gasteiger partial charge in [0.25, 0.3) is 0 Å². The number of hydrogen-bond donors (Lipinski definition) is 2. The summed E-state index contributed by atoms with van der Waals surface area (Å²) in [5.41, 5.74) is 8.60. The molecule has 156 valence electrons. The van der Waals surface area contributed by atoms with Crippen molar-refractivity contribution < 1.29 is 18.0 Å². The molecular weight excluding hydrogens is 383 g/mol. The van der Waals surface area contributed by atoms with Crippen LogP contribution in [0.3, 0.4) is 0 Å².